The number of rotatable bonds is 2. The summed E-state index contributed by atoms with van der Waals surface area (Å²) in [5.74, 6) is -2.48. The summed E-state index contributed by atoms with van der Waals surface area (Å²) in [5, 5.41) is 0. The average molecular weight is 287 g/mol. The first-order valence-electron chi connectivity index (χ1n) is 6.39. The molecule has 1 heterocycles. The van der Waals surface area contributed by atoms with Crippen LogP contribution in [0.1, 0.15) is 21.5 Å². The summed E-state index contributed by atoms with van der Waals surface area (Å²) >= 11 is 0. The molecule has 0 N–H and O–H groups in total. The molecule has 0 saturated heterocycles. The molecular formula is C16H11F2NO2. The fourth-order valence-electron chi connectivity index (χ4n) is 2.47. The van der Waals surface area contributed by atoms with Crippen LogP contribution in [0.4, 0.5) is 14.5 Å². The van der Waals surface area contributed by atoms with Crippen LogP contribution in [0.15, 0.2) is 36.4 Å². The van der Waals surface area contributed by atoms with Crippen LogP contribution in [0.3, 0.4) is 0 Å². The van der Waals surface area contributed by atoms with Gasteiger partial charge < -0.3 is 0 Å². The lowest BCUT2D eigenvalue weighted by atomic mass is 10.1. The third-order valence-electron chi connectivity index (χ3n) is 3.57. The second-order valence-electron chi connectivity index (χ2n) is 4.93. The number of anilines is 1. The molecule has 0 radical (unpaired) electrons. The topological polar surface area (TPSA) is 37.4 Å². The van der Waals surface area contributed by atoms with Crippen molar-refractivity contribution in [3.8, 4) is 0 Å². The molecule has 0 spiro atoms. The second-order valence-corrected chi connectivity index (χ2v) is 4.93. The second kappa shape index (κ2) is 4.77. The van der Waals surface area contributed by atoms with Crippen LogP contribution >= 0.6 is 0 Å². The highest BCUT2D eigenvalue weighted by molar-refractivity contribution is 6.52. The van der Waals surface area contributed by atoms with Crippen molar-refractivity contribution in [2.24, 2.45) is 0 Å². The summed E-state index contributed by atoms with van der Waals surface area (Å²) in [6.45, 7) is 1.73. The number of ketones is 1. The van der Waals surface area contributed by atoms with Gasteiger partial charge in [0.05, 0.1) is 17.8 Å². The number of halogens is 2. The van der Waals surface area contributed by atoms with E-state index in [0.29, 0.717) is 11.1 Å². The number of Topliss-reactive ketones (excluding diaryl/α,β-unsaturated/α-hetero) is 1. The summed E-state index contributed by atoms with van der Waals surface area (Å²) in [6, 6.07) is 8.16. The Morgan fingerprint density at radius 1 is 1.10 bits per heavy atom. The van der Waals surface area contributed by atoms with Gasteiger partial charge in [-0.15, -0.1) is 0 Å². The van der Waals surface area contributed by atoms with Crippen molar-refractivity contribution in [3.05, 3.63) is 64.7 Å². The van der Waals surface area contributed by atoms with Crippen molar-refractivity contribution in [1.82, 2.24) is 0 Å². The van der Waals surface area contributed by atoms with Gasteiger partial charge in [0.15, 0.2) is 0 Å². The number of carbonyl (C=O) groups is 2. The van der Waals surface area contributed by atoms with E-state index in [0.717, 1.165) is 4.90 Å². The molecule has 0 aromatic heterocycles. The lowest BCUT2D eigenvalue weighted by Gasteiger charge is -2.18. The Morgan fingerprint density at radius 2 is 1.86 bits per heavy atom. The van der Waals surface area contributed by atoms with E-state index in [2.05, 4.69) is 0 Å². The van der Waals surface area contributed by atoms with Crippen molar-refractivity contribution in [2.45, 2.75) is 13.5 Å². The zero-order chi connectivity index (χ0) is 15.1. The molecule has 0 atom stereocenters. The first kappa shape index (κ1) is 13.4. The SMILES string of the molecule is Cc1cc(F)ccc1CN1C(=O)C(=O)c2cccc(F)c21. The van der Waals surface area contributed by atoms with Crippen molar-refractivity contribution < 1.29 is 18.4 Å². The van der Waals surface area contributed by atoms with Crippen LogP contribution in [-0.4, -0.2) is 11.7 Å². The van der Waals surface area contributed by atoms with E-state index in [-0.39, 0.29) is 23.6 Å². The number of amides is 1. The predicted molar refractivity (Wildman–Crippen MR) is 73.1 cm³/mol. The smallest absolute Gasteiger partial charge is 0.298 e. The number of aryl methyl sites for hydroxylation is 1. The van der Waals surface area contributed by atoms with Crippen LogP contribution < -0.4 is 4.90 Å². The van der Waals surface area contributed by atoms with Gasteiger partial charge in [0.25, 0.3) is 11.7 Å². The highest BCUT2D eigenvalue weighted by Gasteiger charge is 2.37. The molecule has 0 bridgehead atoms. The van der Waals surface area contributed by atoms with Gasteiger partial charge in [-0.3, -0.25) is 14.5 Å². The molecule has 0 aliphatic carbocycles. The first-order valence-corrected chi connectivity index (χ1v) is 6.39. The van der Waals surface area contributed by atoms with Crippen molar-refractivity contribution >= 4 is 17.4 Å². The van der Waals surface area contributed by atoms with Crippen LogP contribution in [0.2, 0.25) is 0 Å². The molecule has 21 heavy (non-hydrogen) atoms. The molecule has 3 rings (SSSR count). The van der Waals surface area contributed by atoms with Gasteiger partial charge in [-0.05, 0) is 42.3 Å². The average Bonchev–Trinajstić information content (AvgIpc) is 2.68. The largest absolute Gasteiger partial charge is 0.299 e. The third kappa shape index (κ3) is 2.11. The number of carbonyl (C=O) groups excluding carboxylic acids is 2. The molecule has 2 aromatic rings. The molecule has 1 aliphatic rings. The fraction of sp³-hybridized carbons (Fsp3) is 0.125. The lowest BCUT2D eigenvalue weighted by molar-refractivity contribution is -0.114. The van der Waals surface area contributed by atoms with Gasteiger partial charge in [0.2, 0.25) is 0 Å². The molecule has 1 amide bonds. The van der Waals surface area contributed by atoms with Crippen molar-refractivity contribution in [1.29, 1.82) is 0 Å². The number of para-hydroxylation sites is 1. The maximum atomic E-state index is 13.9. The Labute approximate surface area is 119 Å². The Balaban J connectivity index is 2.04. The van der Waals surface area contributed by atoms with E-state index in [4.69, 9.17) is 0 Å². The van der Waals surface area contributed by atoms with Crippen LogP contribution in [0.5, 0.6) is 0 Å². The van der Waals surface area contributed by atoms with E-state index in [1.165, 1.54) is 36.4 Å². The van der Waals surface area contributed by atoms with Crippen LogP contribution in [0.25, 0.3) is 0 Å². The number of hydrogen-bond acceptors (Lipinski definition) is 2. The minimum absolute atomic E-state index is 0.00350. The van der Waals surface area contributed by atoms with Gasteiger partial charge in [-0.1, -0.05) is 12.1 Å². The van der Waals surface area contributed by atoms with Gasteiger partial charge in [0.1, 0.15) is 11.6 Å². The minimum atomic E-state index is -0.765. The molecule has 106 valence electrons. The molecule has 2 aromatic carbocycles. The predicted octanol–water partition coefficient (Wildman–Crippen LogP) is 3.00. The maximum absolute atomic E-state index is 13.9. The number of nitrogens with zero attached hydrogens (tertiary/aromatic N) is 1. The quantitative estimate of drug-likeness (QED) is 0.796. The summed E-state index contributed by atoms with van der Waals surface area (Å²) in [6.07, 6.45) is 0. The molecule has 0 fully saturated rings. The Bertz CT molecular complexity index is 771. The fourth-order valence-corrected chi connectivity index (χ4v) is 2.47. The van der Waals surface area contributed by atoms with Gasteiger partial charge >= 0.3 is 0 Å². The van der Waals surface area contributed by atoms with E-state index >= 15 is 0 Å². The van der Waals surface area contributed by atoms with Crippen molar-refractivity contribution in [3.63, 3.8) is 0 Å². The van der Waals surface area contributed by atoms with E-state index in [1.54, 1.807) is 6.92 Å². The summed E-state index contributed by atoms with van der Waals surface area (Å²) in [4.78, 5) is 25.0. The van der Waals surface area contributed by atoms with E-state index < -0.39 is 17.5 Å². The highest BCUT2D eigenvalue weighted by atomic mass is 19.1. The summed E-state index contributed by atoms with van der Waals surface area (Å²) in [7, 11) is 0. The Morgan fingerprint density at radius 3 is 2.57 bits per heavy atom. The Hall–Kier alpha value is -2.56. The monoisotopic (exact) mass is 287 g/mol. The van der Waals surface area contributed by atoms with E-state index in [1.807, 2.05) is 0 Å². The van der Waals surface area contributed by atoms with E-state index in [9.17, 15) is 18.4 Å². The highest BCUT2D eigenvalue weighted by Crippen LogP contribution is 2.33. The lowest BCUT2D eigenvalue weighted by Crippen LogP contribution is -2.29. The van der Waals surface area contributed by atoms with Gasteiger partial charge in [-0.2, -0.15) is 0 Å². The molecule has 0 saturated carbocycles. The molecule has 5 heteroatoms. The zero-order valence-electron chi connectivity index (χ0n) is 11.2. The van der Waals surface area contributed by atoms with Crippen LogP contribution in [-0.2, 0) is 11.3 Å². The molecule has 1 aliphatic heterocycles. The standard InChI is InChI=1S/C16H11F2NO2/c1-9-7-11(17)6-5-10(9)8-19-14-12(15(20)16(19)21)3-2-4-13(14)18/h2-7H,8H2,1H3. The summed E-state index contributed by atoms with van der Waals surface area (Å²) < 4.78 is 27.1. The maximum Gasteiger partial charge on any atom is 0.299 e. The minimum Gasteiger partial charge on any atom is -0.298 e. The molecule has 3 nitrogen and oxygen atoms in total. The first-order chi connectivity index (χ1) is 9.99. The van der Waals surface area contributed by atoms with Crippen LogP contribution in [0, 0.1) is 18.6 Å². The number of hydrogen-bond donors (Lipinski definition) is 0. The molecular weight excluding hydrogens is 276 g/mol. The number of benzene rings is 2. The Kier molecular flexibility index (Phi) is 3.05. The third-order valence-corrected chi connectivity index (χ3v) is 3.57. The number of fused-ring (bicyclic) bond motifs is 1. The normalized spacial score (nSPS) is 13.8. The van der Waals surface area contributed by atoms with Crippen molar-refractivity contribution in [2.75, 3.05) is 4.90 Å². The zero-order valence-corrected chi connectivity index (χ0v) is 11.2. The summed E-state index contributed by atoms with van der Waals surface area (Å²) in [5.41, 5.74) is 1.37. The van der Waals surface area contributed by atoms with Gasteiger partial charge in [-0.25, -0.2) is 8.78 Å². The molecule has 0 unspecified atom stereocenters. The van der Waals surface area contributed by atoms with Gasteiger partial charge in [0, 0.05) is 0 Å².